The van der Waals surface area contributed by atoms with Crippen molar-refractivity contribution in [2.24, 2.45) is 0 Å². The maximum atomic E-state index is 11.4. The van der Waals surface area contributed by atoms with Crippen LogP contribution < -0.4 is 5.32 Å². The van der Waals surface area contributed by atoms with Crippen molar-refractivity contribution in [1.29, 1.82) is 5.26 Å². The highest BCUT2D eigenvalue weighted by atomic mass is 16.2. The lowest BCUT2D eigenvalue weighted by Crippen LogP contribution is -2.42. The van der Waals surface area contributed by atoms with Gasteiger partial charge in [0.15, 0.2) is 0 Å². The van der Waals surface area contributed by atoms with Crippen molar-refractivity contribution >= 4 is 6.03 Å². The Bertz CT molecular complexity index is 221. The van der Waals surface area contributed by atoms with E-state index in [4.69, 9.17) is 5.26 Å². The Kier molecular flexibility index (Phi) is 3.56. The van der Waals surface area contributed by atoms with Crippen LogP contribution in [0.25, 0.3) is 0 Å². The van der Waals surface area contributed by atoms with Gasteiger partial charge in [-0.1, -0.05) is 6.92 Å². The predicted octanol–water partition coefficient (Wildman–Crippen LogP) is 1.09. The average molecular weight is 181 g/mol. The Labute approximate surface area is 78.5 Å². The zero-order valence-electron chi connectivity index (χ0n) is 7.92. The molecule has 0 bridgehead atoms. The summed E-state index contributed by atoms with van der Waals surface area (Å²) in [6, 6.07) is 1.83. The lowest BCUT2D eigenvalue weighted by molar-refractivity contribution is 0.201. The van der Waals surface area contributed by atoms with Gasteiger partial charge in [0.25, 0.3) is 0 Å². The molecule has 1 rings (SSSR count). The highest BCUT2D eigenvalue weighted by Gasteiger charge is 2.27. The molecule has 1 unspecified atom stereocenters. The van der Waals surface area contributed by atoms with Crippen LogP contribution in [0, 0.1) is 11.3 Å². The van der Waals surface area contributed by atoms with Gasteiger partial charge in [0, 0.05) is 13.1 Å². The summed E-state index contributed by atoms with van der Waals surface area (Å²) in [6.45, 7) is 3.41. The lowest BCUT2D eigenvalue weighted by atomic mass is 10.2. The van der Waals surface area contributed by atoms with Gasteiger partial charge < -0.3 is 10.2 Å². The summed E-state index contributed by atoms with van der Waals surface area (Å²) in [5.74, 6) is 0. The molecule has 72 valence electrons. The first-order valence-corrected chi connectivity index (χ1v) is 4.73. The molecule has 1 aliphatic heterocycles. The van der Waals surface area contributed by atoms with E-state index in [2.05, 4.69) is 11.4 Å². The molecule has 4 heteroatoms. The number of urea groups is 1. The van der Waals surface area contributed by atoms with E-state index in [-0.39, 0.29) is 12.1 Å². The minimum Gasteiger partial charge on any atom is -0.338 e. The third kappa shape index (κ3) is 2.35. The minimum absolute atomic E-state index is 0.0918. The summed E-state index contributed by atoms with van der Waals surface area (Å²) in [5.41, 5.74) is 0. The van der Waals surface area contributed by atoms with Crippen molar-refractivity contribution < 1.29 is 4.79 Å². The van der Waals surface area contributed by atoms with Gasteiger partial charge in [0.05, 0.1) is 6.07 Å². The number of hydrogen-bond donors (Lipinski definition) is 1. The molecule has 0 aromatic heterocycles. The number of carbonyl (C=O) groups excluding carboxylic acids is 1. The molecular formula is C9H15N3O. The smallest absolute Gasteiger partial charge is 0.318 e. The lowest BCUT2D eigenvalue weighted by Gasteiger charge is -2.19. The molecule has 0 aromatic carbocycles. The molecule has 0 aromatic rings. The van der Waals surface area contributed by atoms with E-state index in [1.54, 1.807) is 4.90 Å². The zero-order chi connectivity index (χ0) is 9.68. The highest BCUT2D eigenvalue weighted by Crippen LogP contribution is 2.15. The number of nitrogens with zero attached hydrogens (tertiary/aromatic N) is 2. The Morgan fingerprint density at radius 1 is 1.77 bits per heavy atom. The first kappa shape index (κ1) is 9.85. The average Bonchev–Trinajstić information content (AvgIpc) is 2.61. The summed E-state index contributed by atoms with van der Waals surface area (Å²) in [7, 11) is 0. The SMILES string of the molecule is CCCNC(=O)N1CCCC1C#N. The molecular weight excluding hydrogens is 166 g/mol. The molecule has 1 saturated heterocycles. The summed E-state index contributed by atoms with van der Waals surface area (Å²) < 4.78 is 0. The van der Waals surface area contributed by atoms with Crippen LogP contribution in [0.3, 0.4) is 0 Å². The Balaban J connectivity index is 2.42. The van der Waals surface area contributed by atoms with Gasteiger partial charge in [-0.15, -0.1) is 0 Å². The Morgan fingerprint density at radius 2 is 2.54 bits per heavy atom. The van der Waals surface area contributed by atoms with Crippen LogP contribution in [-0.4, -0.2) is 30.1 Å². The Morgan fingerprint density at radius 3 is 3.15 bits per heavy atom. The number of rotatable bonds is 2. The van der Waals surface area contributed by atoms with Crippen LogP contribution in [0.4, 0.5) is 4.79 Å². The molecule has 4 nitrogen and oxygen atoms in total. The van der Waals surface area contributed by atoms with Gasteiger partial charge in [0.1, 0.15) is 6.04 Å². The van der Waals surface area contributed by atoms with Crippen molar-refractivity contribution in [3.63, 3.8) is 0 Å². The number of likely N-dealkylation sites (tertiary alicyclic amines) is 1. The molecule has 2 amide bonds. The maximum Gasteiger partial charge on any atom is 0.318 e. The van der Waals surface area contributed by atoms with Gasteiger partial charge >= 0.3 is 6.03 Å². The summed E-state index contributed by atoms with van der Waals surface area (Å²) in [4.78, 5) is 13.1. The molecule has 1 aliphatic rings. The van der Waals surface area contributed by atoms with Crippen molar-refractivity contribution in [3.8, 4) is 6.07 Å². The van der Waals surface area contributed by atoms with Crippen LogP contribution in [0.5, 0.6) is 0 Å². The molecule has 1 N–H and O–H groups in total. The molecule has 0 radical (unpaired) electrons. The van der Waals surface area contributed by atoms with Crippen LogP contribution in [0.2, 0.25) is 0 Å². The van der Waals surface area contributed by atoms with Crippen molar-refractivity contribution in [3.05, 3.63) is 0 Å². The van der Waals surface area contributed by atoms with E-state index in [9.17, 15) is 4.79 Å². The van der Waals surface area contributed by atoms with E-state index in [0.29, 0.717) is 13.1 Å². The topological polar surface area (TPSA) is 56.1 Å². The second-order valence-electron chi connectivity index (χ2n) is 3.21. The number of nitriles is 1. The quantitative estimate of drug-likeness (QED) is 0.693. The van der Waals surface area contributed by atoms with Gasteiger partial charge in [-0.3, -0.25) is 0 Å². The van der Waals surface area contributed by atoms with Crippen molar-refractivity contribution in [1.82, 2.24) is 10.2 Å². The van der Waals surface area contributed by atoms with E-state index < -0.39 is 0 Å². The largest absolute Gasteiger partial charge is 0.338 e. The number of carbonyl (C=O) groups is 1. The predicted molar refractivity (Wildman–Crippen MR) is 49.0 cm³/mol. The van der Waals surface area contributed by atoms with Crippen LogP contribution in [0.15, 0.2) is 0 Å². The molecule has 1 heterocycles. The second-order valence-corrected chi connectivity index (χ2v) is 3.21. The number of nitrogens with one attached hydrogen (secondary N) is 1. The monoisotopic (exact) mass is 181 g/mol. The van der Waals surface area contributed by atoms with Crippen molar-refractivity contribution in [2.45, 2.75) is 32.2 Å². The molecule has 1 atom stereocenters. The van der Waals surface area contributed by atoms with Gasteiger partial charge in [-0.2, -0.15) is 5.26 Å². The normalized spacial score (nSPS) is 21.2. The molecule has 1 fully saturated rings. The highest BCUT2D eigenvalue weighted by molar-refractivity contribution is 5.75. The third-order valence-corrected chi connectivity index (χ3v) is 2.19. The van der Waals surface area contributed by atoms with Gasteiger partial charge in [-0.05, 0) is 19.3 Å². The van der Waals surface area contributed by atoms with E-state index >= 15 is 0 Å². The second kappa shape index (κ2) is 4.70. The molecule has 0 saturated carbocycles. The van der Waals surface area contributed by atoms with Gasteiger partial charge in [0.2, 0.25) is 0 Å². The standard InChI is InChI=1S/C9H15N3O/c1-2-5-11-9(13)12-6-3-4-8(12)7-10/h8H,2-6H2,1H3,(H,11,13). The summed E-state index contributed by atoms with van der Waals surface area (Å²) in [5, 5.41) is 11.5. The summed E-state index contributed by atoms with van der Waals surface area (Å²) in [6.07, 6.45) is 2.69. The minimum atomic E-state index is -0.211. The van der Waals surface area contributed by atoms with E-state index in [0.717, 1.165) is 19.3 Å². The first-order valence-electron chi connectivity index (χ1n) is 4.73. The molecule has 0 spiro atoms. The van der Waals surface area contributed by atoms with E-state index in [1.165, 1.54) is 0 Å². The number of hydrogen-bond acceptors (Lipinski definition) is 2. The first-order chi connectivity index (χ1) is 6.29. The zero-order valence-corrected chi connectivity index (χ0v) is 7.92. The number of amides is 2. The fourth-order valence-corrected chi connectivity index (χ4v) is 1.48. The van der Waals surface area contributed by atoms with Gasteiger partial charge in [-0.25, -0.2) is 4.79 Å². The van der Waals surface area contributed by atoms with Crippen LogP contribution >= 0.6 is 0 Å². The fourth-order valence-electron chi connectivity index (χ4n) is 1.48. The maximum absolute atomic E-state index is 11.4. The van der Waals surface area contributed by atoms with Crippen LogP contribution in [0.1, 0.15) is 26.2 Å². The third-order valence-electron chi connectivity index (χ3n) is 2.19. The molecule has 0 aliphatic carbocycles. The van der Waals surface area contributed by atoms with Crippen LogP contribution in [-0.2, 0) is 0 Å². The van der Waals surface area contributed by atoms with Crippen molar-refractivity contribution in [2.75, 3.05) is 13.1 Å². The fraction of sp³-hybridized carbons (Fsp3) is 0.778. The Hall–Kier alpha value is -1.24. The molecule has 13 heavy (non-hydrogen) atoms. The van der Waals surface area contributed by atoms with E-state index in [1.807, 2.05) is 6.92 Å². The summed E-state index contributed by atoms with van der Waals surface area (Å²) >= 11 is 0.